The van der Waals surface area contributed by atoms with Crippen LogP contribution in [0.2, 0.25) is 0 Å². The summed E-state index contributed by atoms with van der Waals surface area (Å²) in [5.41, 5.74) is 5.51. The van der Waals surface area contributed by atoms with E-state index in [1.54, 1.807) is 0 Å². The Labute approximate surface area is 203 Å². The van der Waals surface area contributed by atoms with Crippen LogP contribution in [0.5, 0.6) is 0 Å². The zero-order valence-corrected chi connectivity index (χ0v) is 20.7. The molecule has 0 aliphatic carbocycles. The average Bonchev–Trinajstić information content (AvgIpc) is 3.51. The second kappa shape index (κ2) is 10.2. The van der Waals surface area contributed by atoms with E-state index in [-0.39, 0.29) is 5.91 Å². The first kappa shape index (κ1) is 23.5. The van der Waals surface area contributed by atoms with Crippen molar-refractivity contribution in [2.45, 2.75) is 51.7 Å². The number of morpholine rings is 1. The monoisotopic (exact) mass is 463 g/mol. The molecule has 0 saturated carbocycles. The van der Waals surface area contributed by atoms with Gasteiger partial charge in [-0.3, -0.25) is 14.2 Å². The fourth-order valence-electron chi connectivity index (χ4n) is 6.41. The Bertz CT molecular complexity index is 996. The Morgan fingerprint density at radius 3 is 2.59 bits per heavy atom. The third-order valence-corrected chi connectivity index (χ3v) is 8.25. The smallest absolute Gasteiger partial charge is 0.255 e. The number of likely N-dealkylation sites (tertiary alicyclic amines) is 1. The molecule has 3 fully saturated rings. The summed E-state index contributed by atoms with van der Waals surface area (Å²) in [4.78, 5) is 15.3. The van der Waals surface area contributed by atoms with Crippen molar-refractivity contribution in [1.29, 1.82) is 0 Å². The van der Waals surface area contributed by atoms with E-state index in [0.717, 1.165) is 56.1 Å². The SMILES string of the molecule is Cc1cc(NC(=O)c2ccc(CN3CCOCC3)cc2)ccc1[N+]1(C2CCNC2)CCCC1C. The maximum Gasteiger partial charge on any atom is 0.255 e. The molecule has 6 heteroatoms. The molecule has 3 aliphatic rings. The van der Waals surface area contributed by atoms with Crippen molar-refractivity contribution in [2.75, 3.05) is 51.3 Å². The molecule has 2 N–H and O–H groups in total. The first-order valence-corrected chi connectivity index (χ1v) is 13.0. The van der Waals surface area contributed by atoms with E-state index in [2.05, 4.69) is 59.7 Å². The molecule has 0 spiro atoms. The van der Waals surface area contributed by atoms with Gasteiger partial charge < -0.3 is 15.4 Å². The fourth-order valence-corrected chi connectivity index (χ4v) is 6.41. The first-order chi connectivity index (χ1) is 16.6. The van der Waals surface area contributed by atoms with Crippen molar-refractivity contribution >= 4 is 17.3 Å². The zero-order chi connectivity index (χ0) is 23.5. The normalized spacial score (nSPS) is 27.7. The van der Waals surface area contributed by atoms with Gasteiger partial charge in [0.2, 0.25) is 0 Å². The van der Waals surface area contributed by atoms with Gasteiger partial charge >= 0.3 is 0 Å². The van der Waals surface area contributed by atoms with E-state index in [0.29, 0.717) is 17.6 Å². The number of nitrogens with one attached hydrogen (secondary N) is 2. The Hall–Kier alpha value is -2.25. The molecule has 182 valence electrons. The molecule has 3 heterocycles. The van der Waals surface area contributed by atoms with Gasteiger partial charge in [-0.2, -0.15) is 0 Å². The molecule has 0 aromatic heterocycles. The number of hydrogen-bond donors (Lipinski definition) is 2. The number of amides is 1. The predicted molar refractivity (Wildman–Crippen MR) is 138 cm³/mol. The molecular formula is C28H39N4O2+. The molecule has 2 aromatic carbocycles. The van der Waals surface area contributed by atoms with Gasteiger partial charge in [-0.25, -0.2) is 0 Å². The molecule has 3 aliphatic heterocycles. The molecule has 0 radical (unpaired) electrons. The zero-order valence-electron chi connectivity index (χ0n) is 20.7. The average molecular weight is 464 g/mol. The number of carbonyl (C=O) groups is 1. The molecule has 34 heavy (non-hydrogen) atoms. The molecule has 5 rings (SSSR count). The standard InChI is InChI=1S/C28H38N4O2/c1-21-18-25(9-10-27(21)32(15-3-4-22(32)2)26-11-12-29-19-26)30-28(33)24-7-5-23(6-8-24)20-31-13-16-34-17-14-31/h5-10,18,22,26,29H,3-4,11-17,19-20H2,1-2H3/p+1. The summed E-state index contributed by atoms with van der Waals surface area (Å²) in [7, 11) is 0. The van der Waals surface area contributed by atoms with Crippen molar-refractivity contribution in [3.63, 3.8) is 0 Å². The van der Waals surface area contributed by atoms with Crippen LogP contribution in [0, 0.1) is 6.92 Å². The highest BCUT2D eigenvalue weighted by molar-refractivity contribution is 6.04. The summed E-state index contributed by atoms with van der Waals surface area (Å²) in [5, 5.41) is 6.71. The van der Waals surface area contributed by atoms with Crippen molar-refractivity contribution in [3.05, 3.63) is 59.2 Å². The number of rotatable bonds is 6. The highest BCUT2D eigenvalue weighted by Crippen LogP contribution is 2.41. The lowest BCUT2D eigenvalue weighted by Crippen LogP contribution is -2.60. The van der Waals surface area contributed by atoms with Gasteiger partial charge in [0.15, 0.2) is 0 Å². The second-order valence-electron chi connectivity index (χ2n) is 10.3. The van der Waals surface area contributed by atoms with Crippen LogP contribution in [0.15, 0.2) is 42.5 Å². The van der Waals surface area contributed by atoms with Crippen LogP contribution in [0.1, 0.15) is 47.7 Å². The number of quaternary nitrogens is 1. The quantitative estimate of drug-likeness (QED) is 0.638. The number of nitrogens with zero attached hydrogens (tertiary/aromatic N) is 2. The van der Waals surface area contributed by atoms with Crippen LogP contribution in [0.25, 0.3) is 0 Å². The van der Waals surface area contributed by atoms with Crippen molar-refractivity contribution < 1.29 is 9.53 Å². The fraction of sp³-hybridized carbons (Fsp3) is 0.536. The number of aryl methyl sites for hydroxylation is 1. The van der Waals surface area contributed by atoms with E-state index in [1.807, 2.05) is 12.1 Å². The minimum atomic E-state index is -0.0523. The molecule has 6 nitrogen and oxygen atoms in total. The number of hydrogen-bond acceptors (Lipinski definition) is 4. The minimum Gasteiger partial charge on any atom is -0.379 e. The summed E-state index contributed by atoms with van der Waals surface area (Å²) in [6, 6.07) is 15.8. The number of carbonyl (C=O) groups excluding carboxylic acids is 1. The number of ether oxygens (including phenoxy) is 1. The van der Waals surface area contributed by atoms with Crippen LogP contribution in [-0.2, 0) is 11.3 Å². The predicted octanol–water partition coefficient (Wildman–Crippen LogP) is 3.93. The minimum absolute atomic E-state index is 0.0523. The lowest BCUT2D eigenvalue weighted by Gasteiger charge is -2.44. The van der Waals surface area contributed by atoms with Gasteiger partial charge in [-0.1, -0.05) is 12.1 Å². The van der Waals surface area contributed by atoms with Crippen molar-refractivity contribution in [1.82, 2.24) is 14.7 Å². The van der Waals surface area contributed by atoms with Crippen LogP contribution >= 0.6 is 0 Å². The van der Waals surface area contributed by atoms with Gasteiger partial charge in [-0.15, -0.1) is 0 Å². The summed E-state index contributed by atoms with van der Waals surface area (Å²) in [5.74, 6) is -0.0523. The lowest BCUT2D eigenvalue weighted by atomic mass is 10.0. The third-order valence-electron chi connectivity index (χ3n) is 8.25. The molecular weight excluding hydrogens is 424 g/mol. The second-order valence-corrected chi connectivity index (χ2v) is 10.3. The highest BCUT2D eigenvalue weighted by atomic mass is 16.5. The van der Waals surface area contributed by atoms with E-state index in [1.165, 1.54) is 42.6 Å². The molecule has 0 bridgehead atoms. The van der Waals surface area contributed by atoms with Crippen LogP contribution in [0.3, 0.4) is 0 Å². The lowest BCUT2D eigenvalue weighted by molar-refractivity contribution is 0.0342. The van der Waals surface area contributed by atoms with E-state index in [4.69, 9.17) is 4.74 Å². The third kappa shape index (κ3) is 4.65. The van der Waals surface area contributed by atoms with Crippen molar-refractivity contribution in [3.8, 4) is 0 Å². The van der Waals surface area contributed by atoms with Crippen LogP contribution in [0.4, 0.5) is 11.4 Å². The molecule has 3 saturated heterocycles. The van der Waals surface area contributed by atoms with E-state index < -0.39 is 0 Å². The van der Waals surface area contributed by atoms with E-state index >= 15 is 0 Å². The summed E-state index contributed by atoms with van der Waals surface area (Å²) < 4.78 is 6.52. The van der Waals surface area contributed by atoms with Gasteiger partial charge in [0.1, 0.15) is 11.7 Å². The molecule has 2 aromatic rings. The van der Waals surface area contributed by atoms with Crippen LogP contribution in [-0.4, -0.2) is 68.8 Å². The van der Waals surface area contributed by atoms with Gasteiger partial charge in [0, 0.05) is 74.9 Å². The summed E-state index contributed by atoms with van der Waals surface area (Å²) >= 11 is 0. The van der Waals surface area contributed by atoms with Gasteiger partial charge in [-0.05, 0) is 43.7 Å². The van der Waals surface area contributed by atoms with E-state index in [9.17, 15) is 4.79 Å². The summed E-state index contributed by atoms with van der Waals surface area (Å²) in [6.45, 7) is 12.5. The number of anilines is 1. The Morgan fingerprint density at radius 2 is 1.94 bits per heavy atom. The molecule has 1 amide bonds. The number of benzene rings is 2. The summed E-state index contributed by atoms with van der Waals surface area (Å²) in [6.07, 6.45) is 3.82. The molecule has 3 unspecified atom stereocenters. The first-order valence-electron chi connectivity index (χ1n) is 13.0. The highest BCUT2D eigenvalue weighted by Gasteiger charge is 2.48. The Morgan fingerprint density at radius 1 is 1.15 bits per heavy atom. The topological polar surface area (TPSA) is 53.6 Å². The maximum absolute atomic E-state index is 12.9. The Balaban J connectivity index is 1.28. The van der Waals surface area contributed by atoms with Gasteiger partial charge in [0.05, 0.1) is 25.8 Å². The molecule has 3 atom stereocenters. The Kier molecular flexibility index (Phi) is 7.02. The van der Waals surface area contributed by atoms with Gasteiger partial charge in [0.25, 0.3) is 5.91 Å². The van der Waals surface area contributed by atoms with Crippen molar-refractivity contribution in [2.24, 2.45) is 0 Å². The largest absolute Gasteiger partial charge is 0.379 e. The van der Waals surface area contributed by atoms with Crippen LogP contribution < -0.4 is 15.1 Å². The maximum atomic E-state index is 12.9.